The van der Waals surface area contributed by atoms with Crippen molar-refractivity contribution in [2.24, 2.45) is 0 Å². The van der Waals surface area contributed by atoms with E-state index in [-0.39, 0.29) is 9.81 Å². The number of carbonyl (C=O) groups excluding carboxylic acids is 2. The van der Waals surface area contributed by atoms with E-state index in [1.54, 1.807) is 12.3 Å². The average Bonchev–Trinajstić information content (AvgIpc) is 2.90. The zero-order valence-electron chi connectivity index (χ0n) is 10.8. The molecular weight excluding hydrogens is 298 g/mol. The van der Waals surface area contributed by atoms with Crippen LogP contribution in [0.15, 0.2) is 38.4 Å². The van der Waals surface area contributed by atoms with E-state index in [9.17, 15) is 9.59 Å². The Bertz CT molecular complexity index is 566. The molecule has 0 saturated carbocycles. The fourth-order valence-corrected chi connectivity index (χ4v) is 3.77. The van der Waals surface area contributed by atoms with Gasteiger partial charge in [-0.15, -0.1) is 0 Å². The quantitative estimate of drug-likeness (QED) is 0.794. The molecule has 0 unspecified atom stereocenters. The molecule has 20 heavy (non-hydrogen) atoms. The molecule has 0 aromatic carbocycles. The first kappa shape index (κ1) is 14.7. The Morgan fingerprint density at radius 2 is 1.70 bits per heavy atom. The van der Waals surface area contributed by atoms with E-state index in [1.165, 1.54) is 37.7 Å². The largest absolute Gasteiger partial charge is 0.465 e. The van der Waals surface area contributed by atoms with Crippen molar-refractivity contribution in [1.82, 2.24) is 4.98 Å². The van der Waals surface area contributed by atoms with Crippen LogP contribution in [0.4, 0.5) is 0 Å². The first-order valence-corrected chi connectivity index (χ1v) is 7.18. The number of thioether (sulfide) groups is 2. The zero-order chi connectivity index (χ0) is 14.5. The van der Waals surface area contributed by atoms with Gasteiger partial charge in [0.1, 0.15) is 9.81 Å². The van der Waals surface area contributed by atoms with E-state index in [0.29, 0.717) is 0 Å². The fourth-order valence-electron chi connectivity index (χ4n) is 1.41. The third-order valence-electron chi connectivity index (χ3n) is 2.31. The van der Waals surface area contributed by atoms with Gasteiger partial charge < -0.3 is 9.47 Å². The van der Waals surface area contributed by atoms with Crippen LogP contribution in [0.25, 0.3) is 6.08 Å². The third kappa shape index (κ3) is 3.23. The Morgan fingerprint density at radius 3 is 2.15 bits per heavy atom. The lowest BCUT2D eigenvalue weighted by Gasteiger charge is -2.00. The van der Waals surface area contributed by atoms with Gasteiger partial charge in [0.25, 0.3) is 0 Å². The highest BCUT2D eigenvalue weighted by Gasteiger charge is 2.32. The van der Waals surface area contributed by atoms with Gasteiger partial charge in [0.15, 0.2) is 0 Å². The summed E-state index contributed by atoms with van der Waals surface area (Å²) in [4.78, 5) is 28.0. The lowest BCUT2D eigenvalue weighted by Crippen LogP contribution is -2.08. The molecule has 0 N–H and O–H groups in total. The number of nitrogens with zero attached hydrogens (tertiary/aromatic N) is 1. The zero-order valence-corrected chi connectivity index (χ0v) is 12.4. The monoisotopic (exact) mass is 309 g/mol. The van der Waals surface area contributed by atoms with Crippen molar-refractivity contribution in [2.75, 3.05) is 14.2 Å². The smallest absolute Gasteiger partial charge is 0.346 e. The summed E-state index contributed by atoms with van der Waals surface area (Å²) in [6, 6.07) is 5.51. The minimum absolute atomic E-state index is 0.242. The van der Waals surface area contributed by atoms with Gasteiger partial charge in [0.05, 0.1) is 24.2 Å². The molecule has 0 aliphatic carbocycles. The molecule has 0 amide bonds. The van der Waals surface area contributed by atoms with Crippen LogP contribution >= 0.6 is 23.5 Å². The molecule has 2 rings (SSSR count). The lowest BCUT2D eigenvalue weighted by atomic mass is 10.3. The van der Waals surface area contributed by atoms with E-state index >= 15 is 0 Å². The van der Waals surface area contributed by atoms with Crippen LogP contribution in [0.2, 0.25) is 0 Å². The third-order valence-corrected chi connectivity index (χ3v) is 4.72. The van der Waals surface area contributed by atoms with Crippen molar-refractivity contribution in [2.45, 2.75) is 0 Å². The maximum Gasteiger partial charge on any atom is 0.346 e. The molecular formula is C13H11NO4S2. The predicted molar refractivity (Wildman–Crippen MR) is 78.5 cm³/mol. The van der Waals surface area contributed by atoms with Crippen LogP contribution < -0.4 is 0 Å². The van der Waals surface area contributed by atoms with Gasteiger partial charge in [0, 0.05) is 6.20 Å². The highest BCUT2D eigenvalue weighted by Crippen LogP contribution is 2.50. The Labute approximate surface area is 124 Å². The van der Waals surface area contributed by atoms with Crippen molar-refractivity contribution in [1.29, 1.82) is 0 Å². The van der Waals surface area contributed by atoms with Crippen molar-refractivity contribution >= 4 is 41.5 Å². The van der Waals surface area contributed by atoms with Gasteiger partial charge >= 0.3 is 11.9 Å². The molecule has 1 aromatic rings. The van der Waals surface area contributed by atoms with Gasteiger partial charge in [-0.2, -0.15) is 0 Å². The van der Waals surface area contributed by atoms with Crippen LogP contribution in [-0.2, 0) is 19.1 Å². The van der Waals surface area contributed by atoms with Gasteiger partial charge in [-0.05, 0) is 18.2 Å². The molecule has 0 radical (unpaired) electrons. The Kier molecular flexibility index (Phi) is 4.86. The number of ether oxygens (including phenoxy) is 2. The first-order valence-electron chi connectivity index (χ1n) is 5.55. The van der Waals surface area contributed by atoms with Gasteiger partial charge in [0.2, 0.25) is 0 Å². The van der Waals surface area contributed by atoms with Crippen molar-refractivity contribution < 1.29 is 19.1 Å². The Morgan fingerprint density at radius 1 is 1.10 bits per heavy atom. The molecule has 2 heterocycles. The summed E-state index contributed by atoms with van der Waals surface area (Å²) in [6.07, 6.45) is 3.47. The van der Waals surface area contributed by atoms with Gasteiger partial charge in [-0.1, -0.05) is 29.6 Å². The molecule has 1 aromatic heterocycles. The first-order chi connectivity index (χ1) is 9.65. The van der Waals surface area contributed by atoms with Crippen LogP contribution in [-0.4, -0.2) is 31.1 Å². The topological polar surface area (TPSA) is 65.5 Å². The second kappa shape index (κ2) is 6.62. The second-order valence-corrected chi connectivity index (χ2v) is 5.93. The lowest BCUT2D eigenvalue weighted by molar-refractivity contribution is -0.138. The van der Waals surface area contributed by atoms with E-state index in [2.05, 4.69) is 14.5 Å². The number of hydrogen-bond acceptors (Lipinski definition) is 7. The number of methoxy groups -OCH3 is 2. The number of aromatic nitrogens is 1. The van der Waals surface area contributed by atoms with Crippen LogP contribution in [0.3, 0.4) is 0 Å². The molecule has 7 heteroatoms. The standard InChI is InChI=1S/C13H11NO4S2/c1-17-12(15)10-11(13(16)18-2)20-9(19-10)7-8-5-3-4-6-14-8/h3-7H,1-2H3. The molecule has 1 aliphatic heterocycles. The molecule has 0 atom stereocenters. The minimum Gasteiger partial charge on any atom is -0.465 e. The number of esters is 2. The number of rotatable bonds is 3. The van der Waals surface area contributed by atoms with E-state index in [1.807, 2.05) is 18.2 Å². The molecule has 0 spiro atoms. The highest BCUT2D eigenvalue weighted by atomic mass is 32.2. The van der Waals surface area contributed by atoms with Crippen molar-refractivity contribution in [3.63, 3.8) is 0 Å². The van der Waals surface area contributed by atoms with Gasteiger partial charge in [-0.3, -0.25) is 4.98 Å². The molecule has 1 aliphatic rings. The summed E-state index contributed by atoms with van der Waals surface area (Å²) in [7, 11) is 2.55. The number of hydrogen-bond donors (Lipinski definition) is 0. The summed E-state index contributed by atoms with van der Waals surface area (Å²) in [5.41, 5.74) is 0.748. The second-order valence-electron chi connectivity index (χ2n) is 3.56. The van der Waals surface area contributed by atoms with Crippen LogP contribution in [0, 0.1) is 0 Å². The summed E-state index contributed by atoms with van der Waals surface area (Å²) in [5.74, 6) is -1.10. The number of carbonyl (C=O) groups is 2. The van der Waals surface area contributed by atoms with E-state index in [4.69, 9.17) is 0 Å². The summed E-state index contributed by atoms with van der Waals surface area (Å²) < 4.78 is 10.1. The highest BCUT2D eigenvalue weighted by molar-refractivity contribution is 8.29. The van der Waals surface area contributed by atoms with Crippen LogP contribution in [0.5, 0.6) is 0 Å². The molecule has 0 bridgehead atoms. The SMILES string of the molecule is COC(=O)C1=C(C(=O)OC)SC(=Cc2ccccn2)S1. The van der Waals surface area contributed by atoms with Gasteiger partial charge in [-0.25, -0.2) is 9.59 Å². The Balaban J connectivity index is 2.27. The minimum atomic E-state index is -0.549. The normalized spacial score (nSPS) is 14.2. The Hall–Kier alpha value is -1.73. The average molecular weight is 309 g/mol. The van der Waals surface area contributed by atoms with E-state index < -0.39 is 11.9 Å². The molecule has 5 nitrogen and oxygen atoms in total. The predicted octanol–water partition coefficient (Wildman–Crippen LogP) is 2.42. The maximum atomic E-state index is 11.7. The summed E-state index contributed by atoms with van der Waals surface area (Å²) in [5, 5.41) is 0. The van der Waals surface area contributed by atoms with Crippen molar-refractivity contribution in [3.8, 4) is 0 Å². The summed E-state index contributed by atoms with van der Waals surface area (Å²) in [6.45, 7) is 0. The van der Waals surface area contributed by atoms with E-state index in [0.717, 1.165) is 9.93 Å². The maximum absolute atomic E-state index is 11.7. The molecule has 0 fully saturated rings. The molecule has 0 saturated heterocycles. The molecule has 104 valence electrons. The number of pyridine rings is 1. The van der Waals surface area contributed by atoms with Crippen LogP contribution in [0.1, 0.15) is 5.69 Å². The summed E-state index contributed by atoms with van der Waals surface area (Å²) >= 11 is 2.36. The fraction of sp³-hybridized carbons (Fsp3) is 0.154. The van der Waals surface area contributed by atoms with Crippen molar-refractivity contribution in [3.05, 3.63) is 44.1 Å².